The van der Waals surface area contributed by atoms with Crippen LogP contribution in [-0.2, 0) is 0 Å². The van der Waals surface area contributed by atoms with Crippen LogP contribution in [0.3, 0.4) is 0 Å². The molecule has 0 aliphatic heterocycles. The Hall–Kier alpha value is -2.43. The van der Waals surface area contributed by atoms with Gasteiger partial charge in [0.15, 0.2) is 5.65 Å². The second-order valence-corrected chi connectivity index (χ2v) is 7.51. The molecule has 0 amide bonds. The highest BCUT2D eigenvalue weighted by Gasteiger charge is 2.29. The van der Waals surface area contributed by atoms with Crippen molar-refractivity contribution in [3.05, 3.63) is 41.3 Å². The first-order valence-corrected chi connectivity index (χ1v) is 9.11. The summed E-state index contributed by atoms with van der Waals surface area (Å²) in [5.74, 6) is 2.94. The van der Waals surface area contributed by atoms with Crippen LogP contribution in [0.1, 0.15) is 49.7 Å². The van der Waals surface area contributed by atoms with Crippen molar-refractivity contribution >= 4 is 16.9 Å². The number of hydrogen-bond donors (Lipinski definition) is 1. The molecule has 1 fully saturated rings. The number of hydrogen-bond acceptors (Lipinski definition) is 4. The first-order valence-electron chi connectivity index (χ1n) is 9.11. The summed E-state index contributed by atoms with van der Waals surface area (Å²) in [6.07, 6.45) is 2.37. The van der Waals surface area contributed by atoms with Crippen molar-refractivity contribution < 1.29 is 0 Å². The van der Waals surface area contributed by atoms with Crippen LogP contribution in [-0.4, -0.2) is 26.3 Å². The van der Waals surface area contributed by atoms with E-state index in [9.17, 15) is 0 Å². The lowest BCUT2D eigenvalue weighted by Gasteiger charge is -2.11. The van der Waals surface area contributed by atoms with Crippen LogP contribution in [0.25, 0.3) is 16.7 Å². The summed E-state index contributed by atoms with van der Waals surface area (Å²) in [5, 5.41) is 9.33. The zero-order valence-corrected chi connectivity index (χ0v) is 15.4. The molecule has 1 saturated carbocycles. The number of aryl methyl sites for hydroxylation is 2. The highest BCUT2D eigenvalue weighted by Crippen LogP contribution is 2.40. The van der Waals surface area contributed by atoms with Gasteiger partial charge in [0.05, 0.1) is 16.8 Å². The first kappa shape index (κ1) is 16.1. The largest absolute Gasteiger partial charge is 0.369 e. The van der Waals surface area contributed by atoms with Gasteiger partial charge in [-0.05, 0) is 44.7 Å². The van der Waals surface area contributed by atoms with E-state index in [-0.39, 0.29) is 0 Å². The van der Waals surface area contributed by atoms with Crippen molar-refractivity contribution in [2.75, 3.05) is 11.9 Å². The van der Waals surface area contributed by atoms with E-state index in [1.165, 1.54) is 18.4 Å². The molecule has 2 aromatic heterocycles. The van der Waals surface area contributed by atoms with Crippen LogP contribution in [0.5, 0.6) is 0 Å². The molecule has 2 heterocycles. The van der Waals surface area contributed by atoms with Crippen LogP contribution < -0.4 is 5.32 Å². The molecule has 0 atom stereocenters. The van der Waals surface area contributed by atoms with E-state index in [0.29, 0.717) is 11.8 Å². The molecule has 1 N–H and O–H groups in total. The van der Waals surface area contributed by atoms with E-state index in [2.05, 4.69) is 50.4 Å². The van der Waals surface area contributed by atoms with Crippen molar-refractivity contribution in [3.8, 4) is 5.69 Å². The monoisotopic (exact) mass is 335 g/mol. The maximum Gasteiger partial charge on any atom is 0.168 e. The van der Waals surface area contributed by atoms with E-state index >= 15 is 0 Å². The third-order valence-electron chi connectivity index (χ3n) is 4.62. The number of rotatable bonds is 5. The molecular formula is C20H25N5. The van der Waals surface area contributed by atoms with Crippen LogP contribution in [0, 0.1) is 19.8 Å². The van der Waals surface area contributed by atoms with Gasteiger partial charge in [0.2, 0.25) is 0 Å². The van der Waals surface area contributed by atoms with Gasteiger partial charge in [-0.3, -0.25) is 0 Å². The highest BCUT2D eigenvalue weighted by atomic mass is 15.3. The van der Waals surface area contributed by atoms with Crippen molar-refractivity contribution in [1.82, 2.24) is 19.7 Å². The van der Waals surface area contributed by atoms with Gasteiger partial charge in [0, 0.05) is 12.5 Å². The Morgan fingerprint density at radius 3 is 2.48 bits per heavy atom. The van der Waals surface area contributed by atoms with Crippen molar-refractivity contribution in [2.24, 2.45) is 5.92 Å². The Morgan fingerprint density at radius 2 is 1.84 bits per heavy atom. The van der Waals surface area contributed by atoms with Crippen molar-refractivity contribution in [2.45, 2.75) is 46.5 Å². The van der Waals surface area contributed by atoms with Gasteiger partial charge in [0.25, 0.3) is 0 Å². The zero-order valence-electron chi connectivity index (χ0n) is 15.4. The summed E-state index contributed by atoms with van der Waals surface area (Å²) in [5.41, 5.74) is 4.15. The second kappa shape index (κ2) is 6.14. The first-order chi connectivity index (χ1) is 12.0. The molecule has 1 aliphatic carbocycles. The Balaban J connectivity index is 1.88. The predicted octanol–water partition coefficient (Wildman–Crippen LogP) is 4.38. The van der Waals surface area contributed by atoms with Crippen molar-refractivity contribution in [3.63, 3.8) is 0 Å². The van der Waals surface area contributed by atoms with Gasteiger partial charge >= 0.3 is 0 Å². The fourth-order valence-electron chi connectivity index (χ4n) is 3.02. The lowest BCUT2D eigenvalue weighted by Crippen LogP contribution is -2.11. The zero-order chi connectivity index (χ0) is 17.6. The molecular weight excluding hydrogens is 310 g/mol. The van der Waals surface area contributed by atoms with Gasteiger partial charge < -0.3 is 5.32 Å². The topological polar surface area (TPSA) is 55.6 Å². The Bertz CT molecular complexity index is 904. The summed E-state index contributed by atoms with van der Waals surface area (Å²) in [6, 6.07) is 8.42. The molecule has 25 heavy (non-hydrogen) atoms. The minimum Gasteiger partial charge on any atom is -0.369 e. The third kappa shape index (κ3) is 3.11. The van der Waals surface area contributed by atoms with E-state index < -0.39 is 0 Å². The quantitative estimate of drug-likeness (QED) is 0.752. The standard InChI is InChI=1S/C20H25N5/c1-12(2)11-21-19-17-14(4)24-25(16-9-5-13(3)6-10-16)20(17)23-18(22-19)15-7-8-15/h5-6,9-10,12,15H,7-8,11H2,1-4H3,(H,21,22,23). The molecule has 0 unspecified atom stereocenters. The van der Waals surface area contributed by atoms with Crippen LogP contribution >= 0.6 is 0 Å². The van der Waals surface area contributed by atoms with Crippen LogP contribution in [0.4, 0.5) is 5.82 Å². The van der Waals surface area contributed by atoms with E-state index in [1.807, 2.05) is 11.6 Å². The molecule has 0 bridgehead atoms. The maximum atomic E-state index is 4.89. The van der Waals surface area contributed by atoms with E-state index in [4.69, 9.17) is 15.1 Å². The Labute approximate surface area is 148 Å². The molecule has 0 saturated heterocycles. The lowest BCUT2D eigenvalue weighted by molar-refractivity contribution is 0.686. The molecule has 1 aliphatic rings. The molecule has 0 radical (unpaired) electrons. The third-order valence-corrected chi connectivity index (χ3v) is 4.62. The smallest absolute Gasteiger partial charge is 0.168 e. The number of fused-ring (bicyclic) bond motifs is 1. The normalized spacial score (nSPS) is 14.4. The van der Waals surface area contributed by atoms with Crippen LogP contribution in [0.15, 0.2) is 24.3 Å². The number of nitrogens with zero attached hydrogens (tertiary/aromatic N) is 4. The highest BCUT2D eigenvalue weighted by molar-refractivity contribution is 5.90. The minimum absolute atomic E-state index is 0.505. The summed E-state index contributed by atoms with van der Waals surface area (Å²) in [6.45, 7) is 9.43. The van der Waals surface area contributed by atoms with Gasteiger partial charge in [-0.1, -0.05) is 31.5 Å². The van der Waals surface area contributed by atoms with Gasteiger partial charge in [-0.25, -0.2) is 14.6 Å². The molecule has 0 spiro atoms. The fourth-order valence-corrected chi connectivity index (χ4v) is 3.02. The fraction of sp³-hybridized carbons (Fsp3) is 0.450. The van der Waals surface area contributed by atoms with E-state index in [1.54, 1.807) is 0 Å². The lowest BCUT2D eigenvalue weighted by atomic mass is 10.2. The average Bonchev–Trinajstić information content (AvgIpc) is 3.38. The Kier molecular flexibility index (Phi) is 3.94. The molecule has 4 rings (SSSR count). The SMILES string of the molecule is Cc1ccc(-n2nc(C)c3c(NCC(C)C)nc(C4CC4)nc32)cc1. The summed E-state index contributed by atoms with van der Waals surface area (Å²) >= 11 is 0. The van der Waals surface area contributed by atoms with Crippen molar-refractivity contribution in [1.29, 1.82) is 0 Å². The predicted molar refractivity (Wildman–Crippen MR) is 101 cm³/mol. The molecule has 1 aromatic carbocycles. The van der Waals surface area contributed by atoms with Crippen LogP contribution in [0.2, 0.25) is 0 Å². The van der Waals surface area contributed by atoms with E-state index in [0.717, 1.165) is 40.6 Å². The number of aromatic nitrogens is 4. The summed E-state index contributed by atoms with van der Waals surface area (Å²) < 4.78 is 1.96. The number of benzene rings is 1. The van der Waals surface area contributed by atoms with Gasteiger partial charge in [0.1, 0.15) is 11.6 Å². The summed E-state index contributed by atoms with van der Waals surface area (Å²) in [7, 11) is 0. The average molecular weight is 335 g/mol. The minimum atomic E-state index is 0.505. The van der Waals surface area contributed by atoms with Gasteiger partial charge in [-0.15, -0.1) is 0 Å². The molecule has 5 heteroatoms. The van der Waals surface area contributed by atoms with Gasteiger partial charge in [-0.2, -0.15) is 5.10 Å². The molecule has 5 nitrogen and oxygen atoms in total. The molecule has 130 valence electrons. The second-order valence-electron chi connectivity index (χ2n) is 7.51. The number of anilines is 1. The molecule has 3 aromatic rings. The summed E-state index contributed by atoms with van der Waals surface area (Å²) in [4.78, 5) is 9.74. The maximum absolute atomic E-state index is 4.89. The Morgan fingerprint density at radius 1 is 1.12 bits per heavy atom. The number of nitrogens with one attached hydrogen (secondary N) is 1.